The highest BCUT2D eigenvalue weighted by Gasteiger charge is 2.39. The zero-order valence-corrected chi connectivity index (χ0v) is 20.1. The highest BCUT2D eigenvalue weighted by Crippen LogP contribution is 2.43. The van der Waals surface area contributed by atoms with Crippen molar-refractivity contribution in [3.05, 3.63) is 57.5 Å². The molecule has 1 saturated heterocycles. The average Bonchev–Trinajstić information content (AvgIpc) is 3.55. The average molecular weight is 497 g/mol. The van der Waals surface area contributed by atoms with Crippen molar-refractivity contribution in [2.75, 3.05) is 13.1 Å². The summed E-state index contributed by atoms with van der Waals surface area (Å²) >= 11 is 5.89. The number of aromatic carboxylic acids is 1. The first kappa shape index (κ1) is 24.8. The molecule has 1 N–H and O–H groups in total. The lowest BCUT2D eigenvalue weighted by molar-refractivity contribution is -0.0146. The van der Waals surface area contributed by atoms with E-state index in [0.29, 0.717) is 26.1 Å². The first-order valence-corrected chi connectivity index (χ1v) is 11.7. The van der Waals surface area contributed by atoms with E-state index in [4.69, 9.17) is 16.3 Å². The fraction of sp³-hybridized carbons (Fsp3) is 0.520. The molecule has 0 radical (unpaired) electrons. The number of pyridine rings is 1. The molecule has 34 heavy (non-hydrogen) atoms. The molecule has 2 fully saturated rings. The molecule has 0 spiro atoms. The fourth-order valence-corrected chi connectivity index (χ4v) is 4.98. The number of carbonyl (C=O) groups is 1. The molecule has 1 aliphatic carbocycles. The van der Waals surface area contributed by atoms with Crippen molar-refractivity contribution in [2.24, 2.45) is 5.41 Å². The normalized spacial score (nSPS) is 20.9. The predicted molar refractivity (Wildman–Crippen MR) is 122 cm³/mol. The molecule has 1 aromatic carbocycles. The third-order valence-corrected chi connectivity index (χ3v) is 6.95. The van der Waals surface area contributed by atoms with Gasteiger partial charge in [-0.15, -0.1) is 0 Å². The van der Waals surface area contributed by atoms with Gasteiger partial charge in [0.1, 0.15) is 11.9 Å². The van der Waals surface area contributed by atoms with Crippen LogP contribution in [-0.2, 0) is 12.5 Å². The summed E-state index contributed by atoms with van der Waals surface area (Å²) in [5.41, 5.74) is 0.774. The van der Waals surface area contributed by atoms with E-state index in [-0.39, 0.29) is 39.5 Å². The minimum absolute atomic E-state index is 0.106. The summed E-state index contributed by atoms with van der Waals surface area (Å²) in [5, 5.41) is 9.17. The number of nitrogens with zero attached hydrogens (tertiary/aromatic N) is 2. The first-order chi connectivity index (χ1) is 15.8. The number of halogens is 4. The van der Waals surface area contributed by atoms with Gasteiger partial charge in [0.15, 0.2) is 0 Å². The van der Waals surface area contributed by atoms with Crippen LogP contribution in [0.25, 0.3) is 0 Å². The summed E-state index contributed by atoms with van der Waals surface area (Å²) in [6, 6.07) is 4.04. The molecule has 2 aliphatic rings. The van der Waals surface area contributed by atoms with Gasteiger partial charge in [0.05, 0.1) is 16.8 Å². The van der Waals surface area contributed by atoms with E-state index in [1.165, 1.54) is 24.4 Å². The summed E-state index contributed by atoms with van der Waals surface area (Å²) in [5.74, 6) is -4.70. The lowest BCUT2D eigenvalue weighted by atomic mass is 9.80. The first-order valence-electron chi connectivity index (χ1n) is 11.3. The quantitative estimate of drug-likeness (QED) is 0.491. The van der Waals surface area contributed by atoms with Gasteiger partial charge in [0, 0.05) is 43.6 Å². The fourth-order valence-electron chi connectivity index (χ4n) is 4.71. The van der Waals surface area contributed by atoms with Gasteiger partial charge in [-0.25, -0.2) is 22.9 Å². The number of likely N-dealkylation sites (tertiary alicyclic amines) is 1. The van der Waals surface area contributed by atoms with E-state index in [2.05, 4.69) is 9.88 Å². The second-order valence-electron chi connectivity index (χ2n) is 10.1. The van der Waals surface area contributed by atoms with Crippen molar-refractivity contribution in [2.45, 2.75) is 64.5 Å². The van der Waals surface area contributed by atoms with Gasteiger partial charge in [-0.3, -0.25) is 4.90 Å². The highest BCUT2D eigenvalue weighted by molar-refractivity contribution is 6.31. The lowest BCUT2D eigenvalue weighted by Gasteiger charge is -2.44. The van der Waals surface area contributed by atoms with Gasteiger partial charge in [0.2, 0.25) is 5.88 Å². The number of hydrogen-bond donors (Lipinski definition) is 1. The monoisotopic (exact) mass is 496 g/mol. The molecule has 1 aromatic heterocycles. The van der Waals surface area contributed by atoms with Crippen LogP contribution in [0.5, 0.6) is 5.88 Å². The summed E-state index contributed by atoms with van der Waals surface area (Å²) in [6.45, 7) is 6.64. The molecule has 5 nitrogen and oxygen atoms in total. The Morgan fingerprint density at radius 3 is 2.59 bits per heavy atom. The summed E-state index contributed by atoms with van der Waals surface area (Å²) in [6.07, 6.45) is 3.51. The molecule has 1 atom stereocenters. The Balaban J connectivity index is 1.48. The third kappa shape index (κ3) is 5.33. The molecule has 2 heterocycles. The molecular weight excluding hydrogens is 469 g/mol. The van der Waals surface area contributed by atoms with E-state index in [9.17, 15) is 23.1 Å². The maximum absolute atomic E-state index is 14.4. The standard InChI is InChI=1S/C25H28ClF3N2O3/c1-24(2)13-31(12-15-8-20(27)17(23(32)33)9-16(15)14-4-5-14)7-6-21(24)34-22-10-18(25(3,28)29)19(26)11-30-22/h8-11,14,21H,4-7,12-13H2,1-3H3,(H,32,33). The highest BCUT2D eigenvalue weighted by atomic mass is 35.5. The smallest absolute Gasteiger partial charge is 0.338 e. The van der Waals surface area contributed by atoms with Crippen LogP contribution in [0.4, 0.5) is 13.2 Å². The van der Waals surface area contributed by atoms with Crippen LogP contribution in [0.1, 0.15) is 73.0 Å². The van der Waals surface area contributed by atoms with Crippen molar-refractivity contribution in [3.8, 4) is 5.88 Å². The second-order valence-corrected chi connectivity index (χ2v) is 10.5. The van der Waals surface area contributed by atoms with Crippen molar-refractivity contribution >= 4 is 17.6 Å². The molecule has 2 aromatic rings. The van der Waals surface area contributed by atoms with Crippen LogP contribution in [0, 0.1) is 11.2 Å². The second kappa shape index (κ2) is 9.04. The van der Waals surface area contributed by atoms with Gasteiger partial charge >= 0.3 is 5.97 Å². The largest absolute Gasteiger partial charge is 0.478 e. The molecule has 0 bridgehead atoms. The van der Waals surface area contributed by atoms with Crippen molar-refractivity contribution in [1.29, 1.82) is 0 Å². The Bertz CT molecular complexity index is 1100. The lowest BCUT2D eigenvalue weighted by Crippen LogP contribution is -2.50. The summed E-state index contributed by atoms with van der Waals surface area (Å²) in [4.78, 5) is 17.6. The molecule has 9 heteroatoms. The molecule has 184 valence electrons. The number of carboxylic acid groups (broad SMARTS) is 1. The Hall–Kier alpha value is -2.32. The SMILES string of the molecule is CC(F)(F)c1cc(OC2CCN(Cc3cc(F)c(C(=O)O)cc3C3CC3)CC2(C)C)ncc1Cl. The number of carboxylic acids is 1. The van der Waals surface area contributed by atoms with Crippen LogP contribution in [0.15, 0.2) is 24.4 Å². The maximum Gasteiger partial charge on any atom is 0.338 e. The van der Waals surface area contributed by atoms with Gasteiger partial charge < -0.3 is 9.84 Å². The molecule has 0 amide bonds. The van der Waals surface area contributed by atoms with E-state index in [1.54, 1.807) is 0 Å². The van der Waals surface area contributed by atoms with Crippen LogP contribution >= 0.6 is 11.6 Å². The van der Waals surface area contributed by atoms with Gasteiger partial charge in [-0.05, 0) is 48.4 Å². The van der Waals surface area contributed by atoms with E-state index < -0.39 is 17.7 Å². The molecule has 4 rings (SSSR count). The van der Waals surface area contributed by atoms with Crippen LogP contribution in [-0.4, -0.2) is 40.2 Å². The van der Waals surface area contributed by atoms with E-state index >= 15 is 0 Å². The number of benzene rings is 1. The molecule has 1 unspecified atom stereocenters. The van der Waals surface area contributed by atoms with Crippen molar-refractivity contribution < 1.29 is 27.8 Å². The minimum Gasteiger partial charge on any atom is -0.478 e. The topological polar surface area (TPSA) is 62.7 Å². The Morgan fingerprint density at radius 2 is 2.00 bits per heavy atom. The van der Waals surface area contributed by atoms with Crippen molar-refractivity contribution in [1.82, 2.24) is 9.88 Å². The predicted octanol–water partition coefficient (Wildman–Crippen LogP) is 6.24. The van der Waals surface area contributed by atoms with Crippen molar-refractivity contribution in [3.63, 3.8) is 0 Å². The third-order valence-electron chi connectivity index (χ3n) is 6.65. The Morgan fingerprint density at radius 1 is 1.29 bits per heavy atom. The number of ether oxygens (including phenoxy) is 1. The molecular formula is C25H28ClF3N2O3. The number of piperidine rings is 1. The number of alkyl halides is 2. The van der Waals surface area contributed by atoms with Gasteiger partial charge in [-0.2, -0.15) is 0 Å². The van der Waals surface area contributed by atoms with E-state index in [1.807, 2.05) is 13.8 Å². The van der Waals surface area contributed by atoms with Gasteiger partial charge in [-0.1, -0.05) is 25.4 Å². The summed E-state index contributed by atoms with van der Waals surface area (Å²) < 4.78 is 48.2. The van der Waals surface area contributed by atoms with Crippen LogP contribution in [0.2, 0.25) is 5.02 Å². The molecule has 1 aliphatic heterocycles. The zero-order valence-electron chi connectivity index (χ0n) is 19.4. The Labute approximate surface area is 201 Å². The minimum atomic E-state index is -3.11. The number of aromatic nitrogens is 1. The van der Waals surface area contributed by atoms with Crippen LogP contribution in [0.3, 0.4) is 0 Å². The maximum atomic E-state index is 14.4. The molecule has 1 saturated carbocycles. The van der Waals surface area contributed by atoms with Crippen LogP contribution < -0.4 is 4.74 Å². The number of rotatable bonds is 7. The van der Waals surface area contributed by atoms with Gasteiger partial charge in [0.25, 0.3) is 5.92 Å². The van der Waals surface area contributed by atoms with E-state index in [0.717, 1.165) is 30.9 Å². The Kier molecular flexibility index (Phi) is 6.59. The number of hydrogen-bond acceptors (Lipinski definition) is 4. The summed E-state index contributed by atoms with van der Waals surface area (Å²) in [7, 11) is 0. The zero-order chi connectivity index (χ0) is 24.8.